The Hall–Kier alpha value is -1.51. The van der Waals surface area contributed by atoms with E-state index >= 15 is 0 Å². The lowest BCUT2D eigenvalue weighted by atomic mass is 10.2. The number of carbonyl (C=O) groups excluding carboxylic acids is 1. The molecule has 0 saturated carbocycles. The van der Waals surface area contributed by atoms with Crippen LogP contribution in [0.2, 0.25) is 0 Å². The molecule has 0 aliphatic rings. The van der Waals surface area contributed by atoms with E-state index in [-0.39, 0.29) is 0 Å². The van der Waals surface area contributed by atoms with Gasteiger partial charge in [-0.2, -0.15) is 0 Å². The molecule has 0 fully saturated rings. The Kier molecular flexibility index (Phi) is 3.51. The number of anilines is 1. The van der Waals surface area contributed by atoms with Crippen molar-refractivity contribution in [3.8, 4) is 0 Å². The minimum absolute atomic E-state index is 0.664. The monoisotopic (exact) mass is 192 g/mol. The molecule has 1 aromatic rings. The molecule has 3 nitrogen and oxygen atoms in total. The Bertz CT molecular complexity index is 293. The average molecular weight is 192 g/mol. The summed E-state index contributed by atoms with van der Waals surface area (Å²) in [5, 5.41) is 0. The number of amides is 1. The standard InChI is InChI=1S/C11H16N2O/c1-12(2)11-6-4-10(5-7-11)8-13(3)9-14/h4-7,9H,8H2,1-3H3. The van der Waals surface area contributed by atoms with Gasteiger partial charge in [0.1, 0.15) is 0 Å². The van der Waals surface area contributed by atoms with Crippen LogP contribution < -0.4 is 4.90 Å². The zero-order chi connectivity index (χ0) is 10.6. The molecule has 1 aromatic carbocycles. The fourth-order valence-electron chi connectivity index (χ4n) is 1.22. The van der Waals surface area contributed by atoms with Crippen molar-refractivity contribution in [1.29, 1.82) is 0 Å². The fourth-order valence-corrected chi connectivity index (χ4v) is 1.22. The van der Waals surface area contributed by atoms with Crippen LogP contribution in [0.4, 0.5) is 5.69 Å². The third-order valence-corrected chi connectivity index (χ3v) is 2.06. The van der Waals surface area contributed by atoms with Crippen LogP contribution in [0, 0.1) is 0 Å². The van der Waals surface area contributed by atoms with E-state index < -0.39 is 0 Å². The first-order valence-corrected chi connectivity index (χ1v) is 4.55. The van der Waals surface area contributed by atoms with Crippen LogP contribution in [0.5, 0.6) is 0 Å². The number of benzene rings is 1. The molecule has 0 aliphatic carbocycles. The van der Waals surface area contributed by atoms with Gasteiger partial charge < -0.3 is 9.80 Å². The highest BCUT2D eigenvalue weighted by Gasteiger charge is 1.98. The van der Waals surface area contributed by atoms with Gasteiger partial charge in [-0.25, -0.2) is 0 Å². The number of rotatable bonds is 4. The van der Waals surface area contributed by atoms with E-state index in [2.05, 4.69) is 0 Å². The van der Waals surface area contributed by atoms with Gasteiger partial charge in [-0.3, -0.25) is 4.79 Å². The summed E-state index contributed by atoms with van der Waals surface area (Å²) in [6, 6.07) is 8.17. The predicted molar refractivity (Wildman–Crippen MR) is 58.3 cm³/mol. The summed E-state index contributed by atoms with van der Waals surface area (Å²) in [7, 11) is 5.78. The normalized spacial score (nSPS) is 9.64. The predicted octanol–water partition coefficient (Wildman–Crippen LogP) is 1.34. The maximum atomic E-state index is 10.4. The fraction of sp³-hybridized carbons (Fsp3) is 0.364. The second-order valence-corrected chi connectivity index (χ2v) is 3.58. The molecular formula is C11H16N2O. The summed E-state index contributed by atoms with van der Waals surface area (Å²) >= 11 is 0. The third-order valence-electron chi connectivity index (χ3n) is 2.06. The lowest BCUT2D eigenvalue weighted by Crippen LogP contribution is -2.15. The van der Waals surface area contributed by atoms with Crippen molar-refractivity contribution in [2.45, 2.75) is 6.54 Å². The minimum Gasteiger partial charge on any atom is -0.378 e. The molecule has 0 saturated heterocycles. The SMILES string of the molecule is CN(C=O)Cc1ccc(N(C)C)cc1. The molecular weight excluding hydrogens is 176 g/mol. The Morgan fingerprint density at radius 2 is 1.71 bits per heavy atom. The van der Waals surface area contributed by atoms with Gasteiger partial charge in [-0.1, -0.05) is 12.1 Å². The van der Waals surface area contributed by atoms with Crippen molar-refractivity contribution in [3.05, 3.63) is 29.8 Å². The van der Waals surface area contributed by atoms with Crippen LogP contribution in [0.1, 0.15) is 5.56 Å². The molecule has 0 atom stereocenters. The molecule has 1 amide bonds. The first-order chi connectivity index (χ1) is 6.63. The first-order valence-electron chi connectivity index (χ1n) is 4.55. The highest BCUT2D eigenvalue weighted by molar-refractivity contribution is 5.48. The highest BCUT2D eigenvalue weighted by atomic mass is 16.1. The van der Waals surface area contributed by atoms with Crippen molar-refractivity contribution in [2.24, 2.45) is 0 Å². The molecule has 0 heterocycles. The number of hydrogen-bond acceptors (Lipinski definition) is 2. The zero-order valence-corrected chi connectivity index (χ0v) is 8.90. The number of nitrogens with zero attached hydrogens (tertiary/aromatic N) is 2. The van der Waals surface area contributed by atoms with Crippen molar-refractivity contribution in [2.75, 3.05) is 26.0 Å². The van der Waals surface area contributed by atoms with Gasteiger partial charge in [-0.05, 0) is 17.7 Å². The maximum absolute atomic E-state index is 10.4. The Labute approximate surface area is 84.9 Å². The second kappa shape index (κ2) is 4.65. The third kappa shape index (κ3) is 2.76. The van der Waals surface area contributed by atoms with Gasteiger partial charge in [-0.15, -0.1) is 0 Å². The van der Waals surface area contributed by atoms with Crippen LogP contribution in [0.3, 0.4) is 0 Å². The number of hydrogen-bond donors (Lipinski definition) is 0. The molecule has 3 heteroatoms. The molecule has 0 N–H and O–H groups in total. The highest BCUT2D eigenvalue weighted by Crippen LogP contribution is 2.12. The van der Waals surface area contributed by atoms with E-state index in [0.29, 0.717) is 6.54 Å². The lowest BCUT2D eigenvalue weighted by molar-refractivity contribution is -0.117. The van der Waals surface area contributed by atoms with E-state index in [0.717, 1.165) is 12.0 Å². The van der Waals surface area contributed by atoms with E-state index in [1.165, 1.54) is 5.69 Å². The van der Waals surface area contributed by atoms with Crippen molar-refractivity contribution >= 4 is 12.1 Å². The van der Waals surface area contributed by atoms with E-state index in [1.54, 1.807) is 11.9 Å². The van der Waals surface area contributed by atoms with Gasteiger partial charge in [0, 0.05) is 33.4 Å². The summed E-state index contributed by atoms with van der Waals surface area (Å²) in [5.41, 5.74) is 2.31. The van der Waals surface area contributed by atoms with Crippen LogP contribution in [0.25, 0.3) is 0 Å². The molecule has 1 rings (SSSR count). The molecule has 76 valence electrons. The Balaban J connectivity index is 2.68. The largest absolute Gasteiger partial charge is 0.378 e. The molecule has 0 bridgehead atoms. The van der Waals surface area contributed by atoms with Crippen LogP contribution in [-0.4, -0.2) is 32.5 Å². The Morgan fingerprint density at radius 1 is 1.14 bits per heavy atom. The van der Waals surface area contributed by atoms with Crippen LogP contribution in [0.15, 0.2) is 24.3 Å². The smallest absolute Gasteiger partial charge is 0.209 e. The van der Waals surface area contributed by atoms with Crippen molar-refractivity contribution < 1.29 is 4.79 Å². The van der Waals surface area contributed by atoms with Gasteiger partial charge in [0.2, 0.25) is 6.41 Å². The van der Waals surface area contributed by atoms with E-state index in [9.17, 15) is 4.79 Å². The van der Waals surface area contributed by atoms with E-state index in [1.807, 2.05) is 43.3 Å². The minimum atomic E-state index is 0.664. The van der Waals surface area contributed by atoms with E-state index in [4.69, 9.17) is 0 Å². The quantitative estimate of drug-likeness (QED) is 0.672. The first kappa shape index (κ1) is 10.6. The topological polar surface area (TPSA) is 23.6 Å². The molecule has 0 unspecified atom stereocenters. The Morgan fingerprint density at radius 3 is 2.14 bits per heavy atom. The van der Waals surface area contributed by atoms with Crippen LogP contribution in [-0.2, 0) is 11.3 Å². The molecule has 0 aliphatic heterocycles. The van der Waals surface area contributed by atoms with Gasteiger partial charge in [0.15, 0.2) is 0 Å². The molecule has 14 heavy (non-hydrogen) atoms. The summed E-state index contributed by atoms with van der Waals surface area (Å²) in [6.45, 7) is 0.664. The summed E-state index contributed by atoms with van der Waals surface area (Å²) in [5.74, 6) is 0. The molecule has 0 spiro atoms. The summed E-state index contributed by atoms with van der Waals surface area (Å²) < 4.78 is 0. The second-order valence-electron chi connectivity index (χ2n) is 3.58. The molecule has 0 radical (unpaired) electrons. The maximum Gasteiger partial charge on any atom is 0.209 e. The summed E-state index contributed by atoms with van der Waals surface area (Å²) in [6.07, 6.45) is 0.833. The van der Waals surface area contributed by atoms with Gasteiger partial charge >= 0.3 is 0 Å². The van der Waals surface area contributed by atoms with Gasteiger partial charge in [0.05, 0.1) is 0 Å². The van der Waals surface area contributed by atoms with Gasteiger partial charge in [0.25, 0.3) is 0 Å². The average Bonchev–Trinajstić information content (AvgIpc) is 2.18. The lowest BCUT2D eigenvalue weighted by Gasteiger charge is -2.14. The van der Waals surface area contributed by atoms with Crippen molar-refractivity contribution in [3.63, 3.8) is 0 Å². The van der Waals surface area contributed by atoms with Crippen molar-refractivity contribution in [1.82, 2.24) is 4.90 Å². The zero-order valence-electron chi connectivity index (χ0n) is 8.90. The summed E-state index contributed by atoms with van der Waals surface area (Å²) in [4.78, 5) is 14.1. The van der Waals surface area contributed by atoms with Crippen LogP contribution >= 0.6 is 0 Å². The number of carbonyl (C=O) groups is 1. The molecule has 0 aromatic heterocycles.